The average Bonchev–Trinajstić information content (AvgIpc) is 3.04. The normalized spacial score (nSPS) is 16.0. The van der Waals surface area contributed by atoms with Gasteiger partial charge in [-0.25, -0.2) is 0 Å². The van der Waals surface area contributed by atoms with E-state index in [9.17, 15) is 13.2 Å². The van der Waals surface area contributed by atoms with Gasteiger partial charge in [-0.05, 0) is 42.3 Å². The summed E-state index contributed by atoms with van der Waals surface area (Å²) in [5, 5.41) is 13.1. The predicted octanol–water partition coefficient (Wildman–Crippen LogP) is 4.81. The number of hydrogen-bond acceptors (Lipinski definition) is 4. The van der Waals surface area contributed by atoms with E-state index in [4.69, 9.17) is 0 Å². The van der Waals surface area contributed by atoms with Gasteiger partial charge in [0.25, 0.3) is 0 Å². The van der Waals surface area contributed by atoms with Crippen LogP contribution < -0.4 is 4.74 Å². The van der Waals surface area contributed by atoms with Crippen molar-refractivity contribution in [2.24, 2.45) is 5.92 Å². The molecule has 8 heteroatoms. The molecule has 2 heterocycles. The lowest BCUT2D eigenvalue weighted by Crippen LogP contribution is -2.16. The van der Waals surface area contributed by atoms with E-state index in [-0.39, 0.29) is 5.75 Å². The molecule has 1 aliphatic rings. The van der Waals surface area contributed by atoms with Crippen LogP contribution in [0.25, 0.3) is 16.9 Å². The van der Waals surface area contributed by atoms with Crippen molar-refractivity contribution in [3.63, 3.8) is 0 Å². The van der Waals surface area contributed by atoms with E-state index in [1.807, 2.05) is 6.07 Å². The first-order chi connectivity index (χ1) is 13.0. The molecule has 5 nitrogen and oxygen atoms in total. The van der Waals surface area contributed by atoms with Crippen LogP contribution in [-0.4, -0.2) is 26.2 Å². The molecule has 27 heavy (non-hydrogen) atoms. The van der Waals surface area contributed by atoms with E-state index in [2.05, 4.69) is 20.0 Å². The maximum Gasteiger partial charge on any atom is 0.573 e. The number of benzene rings is 1. The van der Waals surface area contributed by atoms with Gasteiger partial charge < -0.3 is 4.74 Å². The van der Waals surface area contributed by atoms with Gasteiger partial charge in [0.2, 0.25) is 0 Å². The van der Waals surface area contributed by atoms with Crippen LogP contribution in [0, 0.1) is 5.92 Å². The fourth-order valence-corrected chi connectivity index (χ4v) is 3.59. The van der Waals surface area contributed by atoms with Crippen LogP contribution in [0.1, 0.15) is 37.9 Å². The highest BCUT2D eigenvalue weighted by atomic mass is 19.4. The van der Waals surface area contributed by atoms with Crippen LogP contribution in [0.2, 0.25) is 0 Å². The molecule has 0 atom stereocenters. The summed E-state index contributed by atoms with van der Waals surface area (Å²) in [5.41, 5.74) is 2.01. The van der Waals surface area contributed by atoms with Gasteiger partial charge in [0.1, 0.15) is 5.75 Å². The first kappa shape index (κ1) is 17.8. The van der Waals surface area contributed by atoms with Gasteiger partial charge in [-0.15, -0.1) is 23.4 Å². The summed E-state index contributed by atoms with van der Waals surface area (Å²) in [6, 6.07) is 9.28. The Labute approximate surface area is 154 Å². The van der Waals surface area contributed by atoms with Crippen molar-refractivity contribution >= 4 is 5.65 Å². The second-order valence-electron chi connectivity index (χ2n) is 6.89. The molecule has 0 amide bonds. The van der Waals surface area contributed by atoms with Gasteiger partial charge in [0, 0.05) is 12.0 Å². The van der Waals surface area contributed by atoms with E-state index in [0.717, 1.165) is 12.2 Å². The molecule has 0 aliphatic heterocycles. The maximum absolute atomic E-state index is 12.3. The molecule has 1 aromatic carbocycles. The number of rotatable bonds is 4. The zero-order valence-corrected chi connectivity index (χ0v) is 14.6. The third kappa shape index (κ3) is 4.20. The van der Waals surface area contributed by atoms with Crippen molar-refractivity contribution in [3.8, 4) is 17.0 Å². The number of alkyl halides is 3. The number of hydrogen-bond donors (Lipinski definition) is 0. The molecule has 0 saturated heterocycles. The second-order valence-corrected chi connectivity index (χ2v) is 6.89. The lowest BCUT2D eigenvalue weighted by Gasteiger charge is -2.20. The van der Waals surface area contributed by atoms with Crippen molar-refractivity contribution in [2.75, 3.05) is 0 Å². The Bertz CT molecular complexity index is 915. The first-order valence-electron chi connectivity index (χ1n) is 9.05. The van der Waals surface area contributed by atoms with Crippen molar-refractivity contribution in [2.45, 2.75) is 44.9 Å². The summed E-state index contributed by atoms with van der Waals surface area (Å²) >= 11 is 0. The van der Waals surface area contributed by atoms with Crippen molar-refractivity contribution < 1.29 is 17.9 Å². The molecule has 0 spiro atoms. The first-order valence-corrected chi connectivity index (χ1v) is 9.05. The minimum absolute atomic E-state index is 0.255. The molecule has 0 radical (unpaired) electrons. The van der Waals surface area contributed by atoms with E-state index < -0.39 is 6.36 Å². The van der Waals surface area contributed by atoms with Gasteiger partial charge in [-0.1, -0.05) is 32.1 Å². The smallest absolute Gasteiger partial charge is 0.406 e. The van der Waals surface area contributed by atoms with Crippen molar-refractivity contribution in [1.29, 1.82) is 0 Å². The third-order valence-electron chi connectivity index (χ3n) is 4.91. The molecule has 1 saturated carbocycles. The Balaban J connectivity index is 1.58. The van der Waals surface area contributed by atoms with E-state index in [0.29, 0.717) is 22.8 Å². The van der Waals surface area contributed by atoms with Crippen molar-refractivity contribution in [3.05, 3.63) is 42.2 Å². The fraction of sp³-hybridized carbons (Fsp3) is 0.421. The van der Waals surface area contributed by atoms with Crippen LogP contribution in [0.5, 0.6) is 5.75 Å². The zero-order valence-electron chi connectivity index (χ0n) is 14.6. The van der Waals surface area contributed by atoms with Crippen LogP contribution in [0.3, 0.4) is 0 Å². The van der Waals surface area contributed by atoms with E-state index in [1.54, 1.807) is 22.7 Å². The third-order valence-corrected chi connectivity index (χ3v) is 4.91. The minimum atomic E-state index is -4.70. The summed E-state index contributed by atoms with van der Waals surface area (Å²) in [5.74, 6) is 1.18. The highest BCUT2D eigenvalue weighted by Gasteiger charge is 2.31. The zero-order chi connectivity index (χ0) is 18.9. The van der Waals surface area contributed by atoms with Crippen LogP contribution in [0.15, 0.2) is 36.4 Å². The monoisotopic (exact) mass is 376 g/mol. The highest BCUT2D eigenvalue weighted by molar-refractivity contribution is 5.61. The second kappa shape index (κ2) is 7.17. The summed E-state index contributed by atoms with van der Waals surface area (Å²) in [7, 11) is 0. The molecular formula is C19H19F3N4O. The van der Waals surface area contributed by atoms with Crippen molar-refractivity contribution in [1.82, 2.24) is 19.8 Å². The van der Waals surface area contributed by atoms with E-state index in [1.165, 1.54) is 44.2 Å². The predicted molar refractivity (Wildman–Crippen MR) is 93.2 cm³/mol. The number of aromatic nitrogens is 4. The fourth-order valence-electron chi connectivity index (χ4n) is 3.59. The topological polar surface area (TPSA) is 52.3 Å². The maximum atomic E-state index is 12.3. The molecule has 4 rings (SSSR count). The molecule has 2 aromatic heterocycles. The number of fused-ring (bicyclic) bond motifs is 1. The standard InChI is InChI=1S/C19H19F3N4O/c20-19(21,22)27-15-8-6-14(7-9-15)16-10-11-17-23-24-18(26(17)25-16)12-13-4-2-1-3-5-13/h6-11,13H,1-5,12H2. The van der Waals surface area contributed by atoms with Crippen LogP contribution in [0.4, 0.5) is 13.2 Å². The number of ether oxygens (including phenoxy) is 1. The molecule has 0 unspecified atom stereocenters. The van der Waals surface area contributed by atoms with Crippen LogP contribution in [-0.2, 0) is 6.42 Å². The molecule has 0 N–H and O–H groups in total. The number of halogens is 3. The summed E-state index contributed by atoms with van der Waals surface area (Å²) < 4.78 is 42.5. The summed E-state index contributed by atoms with van der Waals surface area (Å²) in [6.45, 7) is 0. The highest BCUT2D eigenvalue weighted by Crippen LogP contribution is 2.28. The summed E-state index contributed by atoms with van der Waals surface area (Å²) in [4.78, 5) is 0. The SMILES string of the molecule is FC(F)(F)Oc1ccc(-c2ccc3nnc(CC4CCCCC4)n3n2)cc1. The average molecular weight is 376 g/mol. The van der Waals surface area contributed by atoms with Gasteiger partial charge in [-0.2, -0.15) is 9.61 Å². The minimum Gasteiger partial charge on any atom is -0.406 e. The molecule has 3 aromatic rings. The molecule has 142 valence electrons. The van der Waals surface area contributed by atoms with Gasteiger partial charge >= 0.3 is 6.36 Å². The lowest BCUT2D eigenvalue weighted by atomic mass is 9.87. The Hall–Kier alpha value is -2.64. The lowest BCUT2D eigenvalue weighted by molar-refractivity contribution is -0.274. The quantitative estimate of drug-likeness (QED) is 0.656. The Morgan fingerprint density at radius 2 is 1.70 bits per heavy atom. The van der Waals surface area contributed by atoms with Gasteiger partial charge in [0.15, 0.2) is 11.5 Å². The Kier molecular flexibility index (Phi) is 4.72. The Morgan fingerprint density at radius 1 is 0.963 bits per heavy atom. The number of nitrogens with zero attached hydrogens (tertiary/aromatic N) is 4. The molecule has 0 bridgehead atoms. The Morgan fingerprint density at radius 3 is 2.41 bits per heavy atom. The molecule has 1 aliphatic carbocycles. The van der Waals surface area contributed by atoms with Gasteiger partial charge in [-0.3, -0.25) is 0 Å². The van der Waals surface area contributed by atoms with E-state index >= 15 is 0 Å². The molecule has 1 fully saturated rings. The molecular weight excluding hydrogens is 357 g/mol. The van der Waals surface area contributed by atoms with Crippen LogP contribution >= 0.6 is 0 Å². The van der Waals surface area contributed by atoms with Gasteiger partial charge in [0.05, 0.1) is 5.69 Å². The largest absolute Gasteiger partial charge is 0.573 e. The summed E-state index contributed by atoms with van der Waals surface area (Å²) in [6.07, 6.45) is 2.36.